The van der Waals surface area contributed by atoms with Crippen LogP contribution in [0.15, 0.2) is 0 Å². The van der Waals surface area contributed by atoms with Gasteiger partial charge in [0, 0.05) is 13.3 Å². The molecule has 0 aromatic carbocycles. The average Bonchev–Trinajstić information content (AvgIpc) is 1.65. The molecule has 0 aliphatic rings. The normalized spacial score (nSPS) is 26.2. The van der Waals surface area contributed by atoms with Crippen LogP contribution in [0.5, 0.6) is 0 Å². The van der Waals surface area contributed by atoms with Crippen molar-refractivity contribution in [1.82, 2.24) is 0 Å². The van der Waals surface area contributed by atoms with Crippen LogP contribution in [-0.4, -0.2) is 38.8 Å². The van der Waals surface area contributed by atoms with Crippen molar-refractivity contribution in [2.45, 2.75) is 0 Å². The van der Waals surface area contributed by atoms with E-state index in [-0.39, 0.29) is 0 Å². The summed E-state index contributed by atoms with van der Waals surface area (Å²) in [6, 6.07) is 0. The van der Waals surface area contributed by atoms with E-state index in [9.17, 15) is 18.3 Å². The van der Waals surface area contributed by atoms with Gasteiger partial charge < -0.3 is 19.6 Å². The van der Waals surface area contributed by atoms with Crippen LogP contribution < -0.4 is 0 Å². The Hall–Kier alpha value is 0.680. The summed E-state index contributed by atoms with van der Waals surface area (Å²) in [5.41, 5.74) is 0. The molecule has 0 aromatic heterocycles. The van der Waals surface area contributed by atoms with Gasteiger partial charge in [-0.3, -0.25) is 18.3 Å². The highest BCUT2D eigenvalue weighted by atomic mass is 31.3. The molecule has 0 aromatic rings. The predicted octanol–water partition coefficient (Wildman–Crippen LogP) is 0.978. The van der Waals surface area contributed by atoms with Crippen LogP contribution in [-0.2, 0) is 26.9 Å². The molecule has 0 saturated carbocycles. The first-order chi connectivity index (χ1) is 7.12. The van der Waals surface area contributed by atoms with Crippen molar-refractivity contribution in [2.24, 2.45) is 0 Å². The molecule has 0 aliphatic heterocycles. The molecule has 0 aliphatic carbocycles. The molecular formula is C3H12O10P4. The van der Waals surface area contributed by atoms with Crippen LogP contribution in [0.4, 0.5) is 0 Å². The molecule has 0 bridgehead atoms. The molecule has 4 unspecified atom stereocenters. The van der Waals surface area contributed by atoms with E-state index in [0.717, 1.165) is 0 Å². The fourth-order valence-corrected chi connectivity index (χ4v) is 7.69. The molecule has 0 spiro atoms. The molecule has 17 heavy (non-hydrogen) atoms. The smallest absolute Gasteiger partial charge is 0.324 e. The summed E-state index contributed by atoms with van der Waals surface area (Å²) >= 11 is 0. The molecule has 0 saturated heterocycles. The second-order valence-electron chi connectivity index (χ2n) is 3.19. The van der Waals surface area contributed by atoms with Gasteiger partial charge in [-0.15, -0.1) is 0 Å². The Kier molecular flexibility index (Phi) is 5.57. The lowest BCUT2D eigenvalue weighted by Crippen LogP contribution is -1.97. The summed E-state index contributed by atoms with van der Waals surface area (Å²) in [6.45, 7) is 1.19. The van der Waals surface area contributed by atoms with E-state index >= 15 is 0 Å². The zero-order chi connectivity index (χ0) is 14.1. The Labute approximate surface area is 96.7 Å². The van der Waals surface area contributed by atoms with E-state index in [1.807, 2.05) is 0 Å². The number of hydrogen-bond donors (Lipinski definition) is 4. The highest BCUT2D eigenvalue weighted by Crippen LogP contribution is 2.68. The minimum Gasteiger partial charge on any atom is -0.324 e. The fraction of sp³-hybridized carbons (Fsp3) is 1.00. The second-order valence-corrected chi connectivity index (χ2v) is 11.4. The standard InChI is InChI=1S/C3H12O10P4/c1-14(4,5)12-16(8,9)3-17(10,11)13-15(2,6)7/h3H2,1-2H3,(H,4,5)(H,6,7)(H,8,9)(H,10,11). The topological polar surface area (TPSA) is 168 Å². The molecule has 4 N–H and O–H groups in total. The number of rotatable bonds is 6. The van der Waals surface area contributed by atoms with Crippen LogP contribution in [0.25, 0.3) is 0 Å². The van der Waals surface area contributed by atoms with Gasteiger partial charge in [-0.1, -0.05) is 0 Å². The van der Waals surface area contributed by atoms with Gasteiger partial charge >= 0.3 is 30.4 Å². The van der Waals surface area contributed by atoms with Gasteiger partial charge in [0.15, 0.2) is 5.90 Å². The van der Waals surface area contributed by atoms with E-state index < -0.39 is 36.3 Å². The maximum atomic E-state index is 11.1. The van der Waals surface area contributed by atoms with E-state index in [1.165, 1.54) is 0 Å². The Morgan fingerprint density at radius 2 is 1.00 bits per heavy atom. The predicted molar refractivity (Wildman–Crippen MR) is 58.2 cm³/mol. The van der Waals surface area contributed by atoms with Crippen molar-refractivity contribution in [1.29, 1.82) is 0 Å². The third-order valence-electron chi connectivity index (χ3n) is 0.916. The Balaban J connectivity index is 4.84. The van der Waals surface area contributed by atoms with Crippen LogP contribution in [0, 0.1) is 0 Å². The van der Waals surface area contributed by atoms with Gasteiger partial charge in [0.2, 0.25) is 0 Å². The first-order valence-corrected chi connectivity index (χ1v) is 11.4. The monoisotopic (exact) mass is 332 g/mol. The average molecular weight is 332 g/mol. The van der Waals surface area contributed by atoms with Crippen molar-refractivity contribution in [3.05, 3.63) is 0 Å². The summed E-state index contributed by atoms with van der Waals surface area (Å²) in [4.78, 5) is 35.3. The Bertz CT molecular complexity index is 412. The van der Waals surface area contributed by atoms with E-state index in [1.54, 1.807) is 0 Å². The second kappa shape index (κ2) is 5.35. The van der Waals surface area contributed by atoms with Crippen LogP contribution in [0.1, 0.15) is 0 Å². The third kappa shape index (κ3) is 10.3. The number of hydrogen-bond acceptors (Lipinski definition) is 6. The summed E-state index contributed by atoms with van der Waals surface area (Å²) < 4.78 is 51.3. The first-order valence-electron chi connectivity index (χ1n) is 3.79. The van der Waals surface area contributed by atoms with Gasteiger partial charge in [0.1, 0.15) is 0 Å². The lowest BCUT2D eigenvalue weighted by atomic mass is 11.9. The summed E-state index contributed by atoms with van der Waals surface area (Å²) in [7, 11) is -18.5. The van der Waals surface area contributed by atoms with Gasteiger partial charge in [0.05, 0.1) is 0 Å². The molecule has 0 rings (SSSR count). The minimum absolute atomic E-state index is 0.593. The molecule has 4 atom stereocenters. The van der Waals surface area contributed by atoms with Gasteiger partial charge in [0.25, 0.3) is 0 Å². The molecule has 10 nitrogen and oxygen atoms in total. The maximum absolute atomic E-state index is 11.1. The highest BCUT2D eigenvalue weighted by Gasteiger charge is 2.40. The SMILES string of the molecule is CP(=O)(O)OP(=O)(O)CP(=O)(O)OP(C)(=O)O. The van der Waals surface area contributed by atoms with Crippen molar-refractivity contribution in [3.8, 4) is 0 Å². The summed E-state index contributed by atoms with van der Waals surface area (Å²) in [5.74, 6) is -1.57. The largest absolute Gasteiger partial charge is 0.347 e. The van der Waals surface area contributed by atoms with E-state index in [0.29, 0.717) is 13.3 Å². The van der Waals surface area contributed by atoms with Crippen LogP contribution in [0.2, 0.25) is 0 Å². The zero-order valence-electron chi connectivity index (χ0n) is 8.73. The maximum Gasteiger partial charge on any atom is 0.347 e. The zero-order valence-corrected chi connectivity index (χ0v) is 12.3. The molecule has 0 fully saturated rings. The fourth-order valence-electron chi connectivity index (χ4n) is 0.751. The first kappa shape index (κ1) is 17.7. The van der Waals surface area contributed by atoms with Gasteiger partial charge in [-0.2, -0.15) is 0 Å². The Morgan fingerprint density at radius 3 is 1.18 bits per heavy atom. The lowest BCUT2D eigenvalue weighted by Gasteiger charge is -2.18. The summed E-state index contributed by atoms with van der Waals surface area (Å²) in [5, 5.41) is 0. The van der Waals surface area contributed by atoms with Gasteiger partial charge in [-0.05, 0) is 0 Å². The van der Waals surface area contributed by atoms with E-state index in [2.05, 4.69) is 8.62 Å². The third-order valence-corrected chi connectivity index (χ3v) is 8.24. The van der Waals surface area contributed by atoms with E-state index in [4.69, 9.17) is 19.6 Å². The van der Waals surface area contributed by atoms with Crippen molar-refractivity contribution >= 4 is 30.4 Å². The highest BCUT2D eigenvalue weighted by molar-refractivity contribution is 7.77. The van der Waals surface area contributed by atoms with Crippen LogP contribution in [0.3, 0.4) is 0 Å². The molecule has 0 radical (unpaired) electrons. The minimum atomic E-state index is -4.91. The van der Waals surface area contributed by atoms with Crippen molar-refractivity contribution in [2.75, 3.05) is 19.2 Å². The lowest BCUT2D eigenvalue weighted by molar-refractivity contribution is 0.327. The molecule has 0 heterocycles. The Morgan fingerprint density at radius 1 is 0.765 bits per heavy atom. The summed E-state index contributed by atoms with van der Waals surface area (Å²) in [6.07, 6.45) is 0. The quantitative estimate of drug-likeness (QED) is 0.514. The molecule has 14 heteroatoms. The van der Waals surface area contributed by atoms with Crippen LogP contribution >= 0.6 is 30.4 Å². The molecule has 104 valence electrons. The van der Waals surface area contributed by atoms with Gasteiger partial charge in [-0.25, -0.2) is 8.62 Å². The molecule has 0 amide bonds. The van der Waals surface area contributed by atoms with Crippen molar-refractivity contribution < 1.29 is 46.5 Å². The van der Waals surface area contributed by atoms with Crippen molar-refractivity contribution in [3.63, 3.8) is 0 Å². The molecular weight excluding hydrogens is 320 g/mol.